The maximum atomic E-state index is 12.3. The molecule has 1 saturated heterocycles. The molecule has 7 heteroatoms. The molecule has 142 valence electrons. The zero-order valence-electron chi connectivity index (χ0n) is 16.0. The van der Waals surface area contributed by atoms with Gasteiger partial charge in [-0.1, -0.05) is 0 Å². The SMILES string of the molecule is CCn1cc(CN2CCC3(CC2)c2nc[nH]c2CCN3C(C)=O)cc1C#N. The first-order valence-electron chi connectivity index (χ1n) is 9.70. The summed E-state index contributed by atoms with van der Waals surface area (Å²) < 4.78 is 2.00. The minimum Gasteiger partial charge on any atom is -0.348 e. The average Bonchev–Trinajstić information content (AvgIpc) is 3.30. The zero-order chi connectivity index (χ0) is 19.0. The number of nitriles is 1. The smallest absolute Gasteiger partial charge is 0.220 e. The van der Waals surface area contributed by atoms with Crippen LogP contribution in [0.2, 0.25) is 0 Å². The molecule has 0 saturated carbocycles. The minimum absolute atomic E-state index is 0.135. The Bertz CT molecular complexity index is 881. The standard InChI is InChI=1S/C20H26N6O/c1-3-25-13-16(10-17(25)11-21)12-24-8-5-20(6-9-24)19-18(22-14-23-19)4-7-26(20)15(2)27/h10,13-14H,3-9,12H2,1-2H3,(H,22,23). The molecule has 1 fully saturated rings. The second-order valence-corrected chi connectivity index (χ2v) is 7.59. The largest absolute Gasteiger partial charge is 0.348 e. The van der Waals surface area contributed by atoms with Gasteiger partial charge in [0.1, 0.15) is 11.8 Å². The Kier molecular flexibility index (Phi) is 4.52. The number of H-pyrrole nitrogens is 1. The average molecular weight is 366 g/mol. The molecule has 0 unspecified atom stereocenters. The van der Waals surface area contributed by atoms with E-state index < -0.39 is 0 Å². The Hall–Kier alpha value is -2.59. The molecule has 1 amide bonds. The van der Waals surface area contributed by atoms with Crippen molar-refractivity contribution in [3.8, 4) is 6.07 Å². The van der Waals surface area contributed by atoms with Gasteiger partial charge in [-0.3, -0.25) is 9.69 Å². The quantitative estimate of drug-likeness (QED) is 0.901. The molecule has 2 aromatic rings. The van der Waals surface area contributed by atoms with Crippen LogP contribution in [0.4, 0.5) is 0 Å². The number of carbonyl (C=O) groups is 1. The molecule has 0 atom stereocenters. The van der Waals surface area contributed by atoms with Gasteiger partial charge >= 0.3 is 0 Å². The number of likely N-dealkylation sites (tertiary alicyclic amines) is 1. The minimum atomic E-state index is -0.275. The van der Waals surface area contributed by atoms with Crippen molar-refractivity contribution >= 4 is 5.91 Å². The predicted molar refractivity (Wildman–Crippen MR) is 101 cm³/mol. The molecular weight excluding hydrogens is 340 g/mol. The summed E-state index contributed by atoms with van der Waals surface area (Å²) in [5.41, 5.74) is 3.87. The highest BCUT2D eigenvalue weighted by Gasteiger charge is 2.47. The predicted octanol–water partition coefficient (Wildman–Crippen LogP) is 2.00. The lowest BCUT2D eigenvalue weighted by molar-refractivity contribution is -0.139. The Balaban J connectivity index is 1.52. The summed E-state index contributed by atoms with van der Waals surface area (Å²) in [6.45, 7) is 7.95. The van der Waals surface area contributed by atoms with Crippen LogP contribution in [0.1, 0.15) is 49.3 Å². The normalized spacial score (nSPS) is 19.1. The van der Waals surface area contributed by atoms with E-state index in [9.17, 15) is 10.1 Å². The van der Waals surface area contributed by atoms with Gasteiger partial charge < -0.3 is 14.5 Å². The van der Waals surface area contributed by atoms with E-state index in [1.807, 2.05) is 15.5 Å². The van der Waals surface area contributed by atoms with Crippen LogP contribution in [0, 0.1) is 11.3 Å². The first-order valence-corrected chi connectivity index (χ1v) is 9.70. The maximum absolute atomic E-state index is 12.3. The molecule has 7 nitrogen and oxygen atoms in total. The van der Waals surface area contributed by atoms with E-state index >= 15 is 0 Å². The number of imidazole rings is 1. The molecule has 0 aromatic carbocycles. The number of aryl methyl sites for hydroxylation is 1. The second-order valence-electron chi connectivity index (χ2n) is 7.59. The number of nitrogens with zero attached hydrogens (tertiary/aromatic N) is 5. The lowest BCUT2D eigenvalue weighted by Gasteiger charge is -2.50. The third-order valence-electron chi connectivity index (χ3n) is 6.14. The van der Waals surface area contributed by atoms with Crippen LogP contribution >= 0.6 is 0 Å². The van der Waals surface area contributed by atoms with E-state index in [0.717, 1.165) is 63.4 Å². The van der Waals surface area contributed by atoms with Gasteiger partial charge in [0.15, 0.2) is 0 Å². The number of aromatic amines is 1. The van der Waals surface area contributed by atoms with Gasteiger partial charge in [-0.05, 0) is 31.4 Å². The van der Waals surface area contributed by atoms with Crippen LogP contribution in [-0.4, -0.2) is 49.9 Å². The third-order valence-corrected chi connectivity index (χ3v) is 6.14. The Morgan fingerprint density at radius 2 is 2.15 bits per heavy atom. The summed E-state index contributed by atoms with van der Waals surface area (Å²) in [5, 5.41) is 9.26. The fourth-order valence-corrected chi connectivity index (χ4v) is 4.79. The van der Waals surface area contributed by atoms with Crippen LogP contribution in [0.3, 0.4) is 0 Å². The van der Waals surface area contributed by atoms with Gasteiger partial charge in [0.05, 0.1) is 17.6 Å². The molecular formula is C20H26N6O. The number of hydrogen-bond donors (Lipinski definition) is 1. The summed E-state index contributed by atoms with van der Waals surface area (Å²) in [6.07, 6.45) is 6.48. The fourth-order valence-electron chi connectivity index (χ4n) is 4.79. The van der Waals surface area contributed by atoms with Gasteiger partial charge in [-0.2, -0.15) is 5.26 Å². The topological polar surface area (TPSA) is 81.0 Å². The van der Waals surface area contributed by atoms with Gasteiger partial charge in [0, 0.05) is 58.0 Å². The lowest BCUT2D eigenvalue weighted by Crippen LogP contribution is -2.57. The number of piperidine rings is 1. The molecule has 2 aromatic heterocycles. The van der Waals surface area contributed by atoms with Crippen LogP contribution in [0.5, 0.6) is 0 Å². The highest BCUT2D eigenvalue weighted by Crippen LogP contribution is 2.42. The van der Waals surface area contributed by atoms with Crippen molar-refractivity contribution in [3.63, 3.8) is 0 Å². The molecule has 2 aliphatic heterocycles. The zero-order valence-corrected chi connectivity index (χ0v) is 16.0. The van der Waals surface area contributed by atoms with Crippen molar-refractivity contribution in [3.05, 3.63) is 41.2 Å². The first kappa shape index (κ1) is 17.8. The number of aromatic nitrogens is 3. The molecule has 0 radical (unpaired) electrons. The molecule has 4 heterocycles. The van der Waals surface area contributed by atoms with Crippen LogP contribution in [-0.2, 0) is 29.8 Å². The highest BCUT2D eigenvalue weighted by atomic mass is 16.2. The summed E-state index contributed by atoms with van der Waals surface area (Å²) >= 11 is 0. The van der Waals surface area contributed by atoms with Gasteiger partial charge in [0.2, 0.25) is 5.91 Å². The highest BCUT2D eigenvalue weighted by molar-refractivity contribution is 5.75. The molecule has 4 rings (SSSR count). The van der Waals surface area contributed by atoms with E-state index in [1.54, 1.807) is 13.3 Å². The summed E-state index contributed by atoms with van der Waals surface area (Å²) in [6, 6.07) is 4.25. The number of carbonyl (C=O) groups excluding carboxylic acids is 1. The van der Waals surface area contributed by atoms with Crippen LogP contribution in [0.15, 0.2) is 18.6 Å². The number of amides is 1. The fraction of sp³-hybridized carbons (Fsp3) is 0.550. The molecule has 0 bridgehead atoms. The number of hydrogen-bond acceptors (Lipinski definition) is 4. The van der Waals surface area contributed by atoms with Gasteiger partial charge in [-0.25, -0.2) is 4.98 Å². The molecule has 0 aliphatic carbocycles. The third kappa shape index (κ3) is 2.94. The Morgan fingerprint density at radius 1 is 1.37 bits per heavy atom. The summed E-state index contributed by atoms with van der Waals surface area (Å²) in [4.78, 5) is 24.6. The van der Waals surface area contributed by atoms with Crippen molar-refractivity contribution in [2.24, 2.45) is 0 Å². The van der Waals surface area contributed by atoms with E-state index in [4.69, 9.17) is 0 Å². The number of rotatable bonds is 3. The summed E-state index contributed by atoms with van der Waals surface area (Å²) in [5.74, 6) is 0.135. The first-order chi connectivity index (χ1) is 13.1. The molecule has 27 heavy (non-hydrogen) atoms. The van der Waals surface area contributed by atoms with E-state index in [2.05, 4.69) is 34.1 Å². The van der Waals surface area contributed by atoms with Crippen molar-refractivity contribution in [2.45, 2.75) is 51.7 Å². The monoisotopic (exact) mass is 366 g/mol. The lowest BCUT2D eigenvalue weighted by atomic mass is 9.78. The van der Waals surface area contributed by atoms with Gasteiger partial charge in [-0.15, -0.1) is 0 Å². The van der Waals surface area contributed by atoms with Crippen molar-refractivity contribution in [2.75, 3.05) is 19.6 Å². The number of nitrogens with one attached hydrogen (secondary N) is 1. The van der Waals surface area contributed by atoms with E-state index in [1.165, 1.54) is 11.3 Å². The summed E-state index contributed by atoms with van der Waals surface area (Å²) in [7, 11) is 0. The van der Waals surface area contributed by atoms with Crippen LogP contribution in [0.25, 0.3) is 0 Å². The van der Waals surface area contributed by atoms with Crippen molar-refractivity contribution in [1.82, 2.24) is 24.3 Å². The maximum Gasteiger partial charge on any atom is 0.220 e. The molecule has 1 N–H and O–H groups in total. The van der Waals surface area contributed by atoms with Crippen molar-refractivity contribution in [1.29, 1.82) is 5.26 Å². The Labute approximate surface area is 159 Å². The van der Waals surface area contributed by atoms with Gasteiger partial charge in [0.25, 0.3) is 0 Å². The Morgan fingerprint density at radius 3 is 2.78 bits per heavy atom. The second kappa shape index (κ2) is 6.86. The van der Waals surface area contributed by atoms with Crippen molar-refractivity contribution < 1.29 is 4.79 Å². The molecule has 1 spiro atoms. The van der Waals surface area contributed by atoms with E-state index in [-0.39, 0.29) is 11.4 Å². The van der Waals surface area contributed by atoms with Crippen LogP contribution < -0.4 is 0 Å². The molecule has 2 aliphatic rings. The van der Waals surface area contributed by atoms with E-state index in [0.29, 0.717) is 0 Å². The number of fused-ring (bicyclic) bond motifs is 2.